The van der Waals surface area contributed by atoms with Gasteiger partial charge >= 0.3 is 0 Å². The summed E-state index contributed by atoms with van der Waals surface area (Å²) in [5.74, 6) is -4.11. The normalized spacial score (nSPS) is 19.2. The Kier molecular flexibility index (Phi) is 5.79. The Morgan fingerprint density at radius 3 is 2.74 bits per heavy atom. The van der Waals surface area contributed by atoms with E-state index in [1.807, 2.05) is 13.0 Å². The first-order chi connectivity index (χ1) is 16.1. The summed E-state index contributed by atoms with van der Waals surface area (Å²) in [7, 11) is 1.09. The van der Waals surface area contributed by atoms with E-state index >= 15 is 0 Å². The Labute approximate surface area is 193 Å². The summed E-state index contributed by atoms with van der Waals surface area (Å²) in [6.07, 6.45) is 0.521. The average Bonchev–Trinajstić information content (AvgIpc) is 3.31. The van der Waals surface area contributed by atoms with Crippen LogP contribution < -0.4 is 5.32 Å². The van der Waals surface area contributed by atoms with E-state index in [9.17, 15) is 23.6 Å². The maximum Gasteiger partial charge on any atom is 0.271 e. The van der Waals surface area contributed by atoms with Crippen molar-refractivity contribution < 1.29 is 27.6 Å². The molecule has 9 nitrogen and oxygen atoms in total. The van der Waals surface area contributed by atoms with Gasteiger partial charge in [-0.05, 0) is 37.6 Å². The molecule has 11 heteroatoms. The molecule has 1 aromatic carbocycles. The van der Waals surface area contributed by atoms with Crippen molar-refractivity contribution in [2.45, 2.75) is 31.9 Å². The maximum absolute atomic E-state index is 13.9. The Morgan fingerprint density at radius 2 is 2.09 bits per heavy atom. The molecule has 1 aliphatic rings. The van der Waals surface area contributed by atoms with Crippen molar-refractivity contribution in [3.05, 3.63) is 47.5 Å². The Hall–Kier alpha value is -3.91. The standard InChI is InChI=1S/C23H21F2N5O4/c1-13-20(14(2)34-29-13)15-4-5-18-17(8-15)16(6-7-27-18)21(32)28-9-19(31)30-12-22(24,25)10-23(30,11-26)33-3/h4-8H,9-10,12H2,1-3H3,(H,28,32). The lowest BCUT2D eigenvalue weighted by Gasteiger charge is -2.29. The highest BCUT2D eigenvalue weighted by molar-refractivity contribution is 6.07. The Bertz CT molecular complexity index is 1310. The van der Waals surface area contributed by atoms with E-state index in [0.717, 1.165) is 18.2 Å². The van der Waals surface area contributed by atoms with Gasteiger partial charge in [-0.3, -0.25) is 19.5 Å². The number of fused-ring (bicyclic) bond motifs is 1. The molecular formula is C23H21F2N5O4. The van der Waals surface area contributed by atoms with Gasteiger partial charge in [-0.2, -0.15) is 5.26 Å². The third kappa shape index (κ3) is 3.97. The predicted molar refractivity (Wildman–Crippen MR) is 116 cm³/mol. The molecule has 0 spiro atoms. The summed E-state index contributed by atoms with van der Waals surface area (Å²) in [5, 5.41) is 16.3. The molecule has 0 bridgehead atoms. The minimum absolute atomic E-state index is 0.247. The van der Waals surface area contributed by atoms with Gasteiger partial charge in [0, 0.05) is 24.3 Å². The van der Waals surface area contributed by atoms with Crippen molar-refractivity contribution in [1.29, 1.82) is 5.26 Å². The number of benzene rings is 1. The largest absolute Gasteiger partial charge is 0.361 e. The fourth-order valence-electron chi connectivity index (χ4n) is 4.22. The number of hydrogen-bond acceptors (Lipinski definition) is 7. The van der Waals surface area contributed by atoms with Crippen molar-refractivity contribution in [3.8, 4) is 17.2 Å². The van der Waals surface area contributed by atoms with Gasteiger partial charge in [0.15, 0.2) is 0 Å². The lowest BCUT2D eigenvalue weighted by atomic mass is 9.99. The molecule has 34 heavy (non-hydrogen) atoms. The molecule has 4 rings (SSSR count). The SMILES string of the molecule is COC1(C#N)CC(F)(F)CN1C(=O)CNC(=O)c1ccnc2ccc(-c3c(C)noc3C)cc12. The number of ether oxygens (including phenoxy) is 1. The molecule has 0 aliphatic carbocycles. The quantitative estimate of drug-likeness (QED) is 0.610. The molecule has 2 amide bonds. The summed E-state index contributed by atoms with van der Waals surface area (Å²) < 4.78 is 38.1. The molecular weight excluding hydrogens is 448 g/mol. The van der Waals surface area contributed by atoms with Crippen LogP contribution in [0.25, 0.3) is 22.0 Å². The van der Waals surface area contributed by atoms with Gasteiger partial charge in [-0.1, -0.05) is 11.2 Å². The van der Waals surface area contributed by atoms with Gasteiger partial charge in [0.25, 0.3) is 11.8 Å². The third-order valence-electron chi connectivity index (χ3n) is 5.85. The zero-order valence-electron chi connectivity index (χ0n) is 18.7. The number of rotatable bonds is 5. The minimum Gasteiger partial charge on any atom is -0.361 e. The summed E-state index contributed by atoms with van der Waals surface area (Å²) in [6.45, 7) is 2.03. The van der Waals surface area contributed by atoms with Crippen molar-refractivity contribution >= 4 is 22.7 Å². The number of amides is 2. The fraction of sp³-hybridized carbons (Fsp3) is 0.348. The van der Waals surface area contributed by atoms with Gasteiger partial charge in [0.05, 0.1) is 36.3 Å². The first-order valence-corrected chi connectivity index (χ1v) is 10.4. The lowest BCUT2D eigenvalue weighted by molar-refractivity contribution is -0.147. The third-order valence-corrected chi connectivity index (χ3v) is 5.85. The summed E-state index contributed by atoms with van der Waals surface area (Å²) in [4.78, 5) is 30.6. The number of aromatic nitrogens is 2. The van der Waals surface area contributed by atoms with E-state index in [1.165, 1.54) is 12.3 Å². The number of nitrogens with zero attached hydrogens (tertiary/aromatic N) is 4. The number of likely N-dealkylation sites (tertiary alicyclic amines) is 1. The van der Waals surface area contributed by atoms with E-state index < -0.39 is 43.0 Å². The Balaban J connectivity index is 1.58. The zero-order valence-corrected chi connectivity index (χ0v) is 18.7. The van der Waals surface area contributed by atoms with Gasteiger partial charge in [-0.15, -0.1) is 0 Å². The summed E-state index contributed by atoms with van der Waals surface area (Å²) >= 11 is 0. The van der Waals surface area contributed by atoms with Crippen LogP contribution in [0, 0.1) is 25.2 Å². The number of hydrogen-bond donors (Lipinski definition) is 1. The number of nitrogens with one attached hydrogen (secondary N) is 1. The number of pyridine rings is 1. The molecule has 1 unspecified atom stereocenters. The second-order valence-corrected chi connectivity index (χ2v) is 8.09. The smallest absolute Gasteiger partial charge is 0.271 e. The molecule has 0 saturated carbocycles. The molecule has 1 saturated heterocycles. The molecule has 1 fully saturated rings. The minimum atomic E-state index is -3.28. The molecule has 1 aliphatic heterocycles. The number of alkyl halides is 2. The van der Waals surface area contributed by atoms with E-state index in [2.05, 4.69) is 15.5 Å². The predicted octanol–water partition coefficient (Wildman–Crippen LogP) is 2.97. The van der Waals surface area contributed by atoms with E-state index in [0.29, 0.717) is 27.3 Å². The number of aryl methyl sites for hydroxylation is 2. The summed E-state index contributed by atoms with van der Waals surface area (Å²) in [5.41, 5.74) is 0.986. The van der Waals surface area contributed by atoms with Crippen LogP contribution >= 0.6 is 0 Å². The van der Waals surface area contributed by atoms with Crippen LogP contribution in [0.5, 0.6) is 0 Å². The number of halogens is 2. The zero-order chi connectivity index (χ0) is 24.7. The molecule has 176 valence electrons. The Morgan fingerprint density at radius 1 is 1.32 bits per heavy atom. The average molecular weight is 469 g/mol. The number of carbonyl (C=O) groups is 2. The highest BCUT2D eigenvalue weighted by Crippen LogP contribution is 2.39. The molecule has 0 radical (unpaired) electrons. The molecule has 1 atom stereocenters. The van der Waals surface area contributed by atoms with Crippen LogP contribution in [0.1, 0.15) is 28.2 Å². The first-order valence-electron chi connectivity index (χ1n) is 10.4. The second kappa shape index (κ2) is 8.46. The van der Waals surface area contributed by atoms with E-state index in [1.54, 1.807) is 25.1 Å². The van der Waals surface area contributed by atoms with Crippen molar-refractivity contribution in [2.24, 2.45) is 0 Å². The van der Waals surface area contributed by atoms with Crippen LogP contribution in [0.4, 0.5) is 8.78 Å². The number of nitriles is 1. The topological polar surface area (TPSA) is 121 Å². The highest BCUT2D eigenvalue weighted by atomic mass is 19.3. The van der Waals surface area contributed by atoms with Crippen molar-refractivity contribution in [3.63, 3.8) is 0 Å². The molecule has 2 aromatic heterocycles. The lowest BCUT2D eigenvalue weighted by Crippen LogP contribution is -2.51. The van der Waals surface area contributed by atoms with Crippen LogP contribution in [0.3, 0.4) is 0 Å². The van der Waals surface area contributed by atoms with Crippen LogP contribution in [0.2, 0.25) is 0 Å². The van der Waals surface area contributed by atoms with Crippen LogP contribution in [-0.2, 0) is 9.53 Å². The highest BCUT2D eigenvalue weighted by Gasteiger charge is 2.58. The number of methoxy groups -OCH3 is 1. The molecule has 3 heterocycles. The monoisotopic (exact) mass is 469 g/mol. The number of carbonyl (C=O) groups excluding carboxylic acids is 2. The van der Waals surface area contributed by atoms with Gasteiger partial charge in [-0.25, -0.2) is 8.78 Å². The fourth-order valence-corrected chi connectivity index (χ4v) is 4.22. The van der Waals surface area contributed by atoms with Gasteiger partial charge < -0.3 is 14.6 Å². The van der Waals surface area contributed by atoms with Crippen molar-refractivity contribution in [2.75, 3.05) is 20.2 Å². The van der Waals surface area contributed by atoms with Crippen LogP contribution in [-0.4, -0.2) is 58.7 Å². The summed E-state index contributed by atoms with van der Waals surface area (Å²) in [6, 6.07) is 8.52. The van der Waals surface area contributed by atoms with Gasteiger partial charge in [0.2, 0.25) is 11.6 Å². The van der Waals surface area contributed by atoms with E-state index in [-0.39, 0.29) is 5.56 Å². The van der Waals surface area contributed by atoms with Gasteiger partial charge in [0.1, 0.15) is 11.8 Å². The first kappa shape index (κ1) is 23.3. The second-order valence-electron chi connectivity index (χ2n) is 8.09. The van der Waals surface area contributed by atoms with Crippen LogP contribution in [0.15, 0.2) is 35.0 Å². The van der Waals surface area contributed by atoms with Crippen molar-refractivity contribution in [1.82, 2.24) is 20.4 Å². The maximum atomic E-state index is 13.9. The van der Waals surface area contributed by atoms with E-state index in [4.69, 9.17) is 9.26 Å². The molecule has 3 aromatic rings. The molecule has 1 N–H and O–H groups in total.